The van der Waals surface area contributed by atoms with E-state index in [1.807, 2.05) is 0 Å². The quantitative estimate of drug-likeness (QED) is 0.319. The molecule has 1 aliphatic heterocycles. The lowest BCUT2D eigenvalue weighted by atomic mass is 10.1. The second-order valence-corrected chi connectivity index (χ2v) is 22.7. The summed E-state index contributed by atoms with van der Waals surface area (Å²) in [6, 6.07) is 23.7. The molecule has 1 saturated heterocycles. The fourth-order valence-corrected chi connectivity index (χ4v) is 18.0. The number of rotatable bonds is 10. The van der Waals surface area contributed by atoms with Gasteiger partial charge >= 0.3 is 0 Å². The molecule has 2 nitrogen and oxygen atoms in total. The first-order chi connectivity index (χ1) is 15.9. The van der Waals surface area contributed by atoms with Gasteiger partial charge in [-0.1, -0.05) is 133 Å². The van der Waals surface area contributed by atoms with Crippen molar-refractivity contribution in [3.63, 3.8) is 0 Å². The summed E-state index contributed by atoms with van der Waals surface area (Å²) in [5, 5.41) is 3.21. The molecule has 188 valence electrons. The minimum atomic E-state index is -2.08. The van der Waals surface area contributed by atoms with Gasteiger partial charge in [-0.05, 0) is 27.7 Å². The van der Waals surface area contributed by atoms with Gasteiger partial charge in [-0.3, -0.25) is 0 Å². The van der Waals surface area contributed by atoms with Gasteiger partial charge in [-0.15, -0.1) is 0 Å². The van der Waals surface area contributed by atoms with Gasteiger partial charge in [0, 0.05) is 6.42 Å². The molecule has 1 fully saturated rings. The predicted octanol–water partition coefficient (Wildman–Crippen LogP) is 7.40. The predicted molar refractivity (Wildman–Crippen MR) is 153 cm³/mol. The Balaban J connectivity index is 1.79. The summed E-state index contributed by atoms with van der Waals surface area (Å²) < 4.78 is 13.5. The molecule has 0 aromatic heterocycles. The van der Waals surface area contributed by atoms with Crippen molar-refractivity contribution in [1.82, 2.24) is 0 Å². The molecule has 4 heteroatoms. The van der Waals surface area contributed by atoms with Crippen LogP contribution in [0.25, 0.3) is 0 Å². The van der Waals surface area contributed by atoms with E-state index in [0.29, 0.717) is 22.7 Å². The topological polar surface area (TPSA) is 18.5 Å². The van der Waals surface area contributed by atoms with E-state index in [1.165, 1.54) is 10.4 Å². The summed E-state index contributed by atoms with van der Waals surface area (Å²) in [5.41, 5.74) is 1.83. The summed E-state index contributed by atoms with van der Waals surface area (Å²) in [5.74, 6) is 0. The van der Waals surface area contributed by atoms with Crippen LogP contribution in [0.4, 0.5) is 0 Å². The van der Waals surface area contributed by atoms with Crippen LogP contribution < -0.4 is 10.4 Å². The summed E-state index contributed by atoms with van der Waals surface area (Å²) >= 11 is 0. The molecule has 3 rings (SSSR count). The number of hydrogen-bond acceptors (Lipinski definition) is 2. The van der Waals surface area contributed by atoms with Crippen LogP contribution in [0.1, 0.15) is 68.7 Å². The van der Waals surface area contributed by atoms with Gasteiger partial charge in [0.2, 0.25) is 0 Å². The van der Waals surface area contributed by atoms with Crippen molar-refractivity contribution < 1.29 is 9.16 Å². The zero-order valence-corrected chi connectivity index (χ0v) is 25.1. The standard InChI is InChI=1S/C30H48O2Si2/c1-23(2)34(24(3)4,25(5)6)31-21-26-20-27(32-26)22-33(30(7,8)9,28-16-12-10-13-17-28)29-18-14-11-15-19-29/h10-19,23-27H,20-22H2,1-9H3/t26-,27+/m0/s1. The van der Waals surface area contributed by atoms with Crippen molar-refractivity contribution in [2.75, 3.05) is 6.61 Å². The first-order valence-electron chi connectivity index (χ1n) is 13.4. The molecule has 2 atom stereocenters. The normalized spacial score (nSPS) is 19.6. The molecule has 0 saturated carbocycles. The van der Waals surface area contributed by atoms with Crippen LogP contribution in [0.5, 0.6) is 0 Å². The van der Waals surface area contributed by atoms with E-state index in [0.717, 1.165) is 19.1 Å². The van der Waals surface area contributed by atoms with E-state index in [4.69, 9.17) is 9.16 Å². The van der Waals surface area contributed by atoms with Crippen LogP contribution >= 0.6 is 0 Å². The largest absolute Gasteiger partial charge is 0.413 e. The molecule has 0 amide bonds. The van der Waals surface area contributed by atoms with E-state index >= 15 is 0 Å². The van der Waals surface area contributed by atoms with Gasteiger partial charge in [0.05, 0.1) is 18.8 Å². The zero-order valence-electron chi connectivity index (χ0n) is 23.1. The van der Waals surface area contributed by atoms with Gasteiger partial charge in [0.25, 0.3) is 0 Å². The summed E-state index contributed by atoms with van der Waals surface area (Å²) in [6.45, 7) is 22.2. The maximum atomic E-state index is 6.86. The van der Waals surface area contributed by atoms with Gasteiger partial charge in [-0.25, -0.2) is 0 Å². The van der Waals surface area contributed by atoms with E-state index in [9.17, 15) is 0 Å². The van der Waals surface area contributed by atoms with Crippen LogP contribution in [0.2, 0.25) is 27.7 Å². The smallest absolute Gasteiger partial charge is 0.200 e. The lowest BCUT2D eigenvalue weighted by molar-refractivity contribution is -0.131. The Morgan fingerprint density at radius 1 is 0.765 bits per heavy atom. The highest BCUT2D eigenvalue weighted by Crippen LogP contribution is 2.45. The Morgan fingerprint density at radius 3 is 1.53 bits per heavy atom. The second kappa shape index (κ2) is 10.8. The average Bonchev–Trinajstić information content (AvgIpc) is 2.74. The maximum Gasteiger partial charge on any atom is 0.200 e. The Kier molecular flexibility index (Phi) is 8.71. The molecule has 0 N–H and O–H groups in total. The van der Waals surface area contributed by atoms with Crippen LogP contribution in [-0.2, 0) is 9.16 Å². The summed E-state index contributed by atoms with van der Waals surface area (Å²) in [4.78, 5) is 0. The molecular formula is C30H48O2Si2. The zero-order chi connectivity index (χ0) is 25.1. The molecule has 0 aliphatic carbocycles. The molecule has 2 aromatic carbocycles. The summed E-state index contributed by atoms with van der Waals surface area (Å²) in [7, 11) is -3.93. The molecule has 0 radical (unpaired) electrons. The first kappa shape index (κ1) is 27.4. The van der Waals surface area contributed by atoms with E-state index < -0.39 is 16.4 Å². The van der Waals surface area contributed by atoms with E-state index in [1.54, 1.807) is 0 Å². The van der Waals surface area contributed by atoms with E-state index in [-0.39, 0.29) is 11.1 Å². The second-order valence-electron chi connectivity index (χ2n) is 12.3. The van der Waals surface area contributed by atoms with Gasteiger partial charge in [0.15, 0.2) is 8.32 Å². The summed E-state index contributed by atoms with van der Waals surface area (Å²) in [6.07, 6.45) is 1.67. The maximum absolute atomic E-state index is 6.86. The number of benzene rings is 2. The number of ether oxygens (including phenoxy) is 1. The molecule has 0 spiro atoms. The van der Waals surface area contributed by atoms with Crippen molar-refractivity contribution in [1.29, 1.82) is 0 Å². The van der Waals surface area contributed by atoms with Crippen LogP contribution in [-0.4, -0.2) is 35.2 Å². The number of hydrogen-bond donors (Lipinski definition) is 0. The Morgan fingerprint density at radius 2 is 1.18 bits per heavy atom. The van der Waals surface area contributed by atoms with Gasteiger partial charge < -0.3 is 9.16 Å². The highest BCUT2D eigenvalue weighted by Gasteiger charge is 2.51. The monoisotopic (exact) mass is 496 g/mol. The lowest BCUT2D eigenvalue weighted by Gasteiger charge is -2.50. The molecule has 0 unspecified atom stereocenters. The fourth-order valence-electron chi connectivity index (χ4n) is 6.89. The van der Waals surface area contributed by atoms with Crippen molar-refractivity contribution in [2.45, 2.75) is 109 Å². The minimum Gasteiger partial charge on any atom is -0.413 e. The Bertz CT molecular complexity index is 820. The highest BCUT2D eigenvalue weighted by atomic mass is 28.4. The van der Waals surface area contributed by atoms with E-state index in [2.05, 4.69) is 123 Å². The molecule has 1 heterocycles. The lowest BCUT2D eigenvalue weighted by Crippen LogP contribution is -2.66. The Labute approximate surface area is 211 Å². The van der Waals surface area contributed by atoms with Crippen LogP contribution in [0.3, 0.4) is 0 Å². The Hall–Kier alpha value is -1.21. The molecular weight excluding hydrogens is 449 g/mol. The van der Waals surface area contributed by atoms with Crippen molar-refractivity contribution in [3.05, 3.63) is 60.7 Å². The van der Waals surface area contributed by atoms with Crippen molar-refractivity contribution in [3.8, 4) is 0 Å². The van der Waals surface area contributed by atoms with Crippen molar-refractivity contribution in [2.24, 2.45) is 0 Å². The minimum absolute atomic E-state index is 0.176. The van der Waals surface area contributed by atoms with Crippen molar-refractivity contribution >= 4 is 26.8 Å². The third kappa shape index (κ3) is 5.16. The third-order valence-electron chi connectivity index (χ3n) is 8.48. The average molecular weight is 497 g/mol. The first-order valence-corrected chi connectivity index (χ1v) is 17.7. The highest BCUT2D eigenvalue weighted by molar-refractivity contribution is 7.04. The third-order valence-corrected chi connectivity index (χ3v) is 20.8. The van der Waals surface area contributed by atoms with Gasteiger partial charge in [-0.2, -0.15) is 0 Å². The fraction of sp³-hybridized carbons (Fsp3) is 0.600. The molecule has 34 heavy (non-hydrogen) atoms. The molecule has 1 aliphatic rings. The molecule has 0 bridgehead atoms. The van der Waals surface area contributed by atoms with Crippen LogP contribution in [0.15, 0.2) is 60.7 Å². The van der Waals surface area contributed by atoms with Crippen LogP contribution in [0, 0.1) is 0 Å². The van der Waals surface area contributed by atoms with Gasteiger partial charge in [0.1, 0.15) is 8.07 Å². The SMILES string of the molecule is CC(C)[Si](OC[C@@H]1C[C@H](C[Si](c2ccccc2)(c2ccccc2)C(C)(C)C)O1)(C(C)C)C(C)C. The molecule has 2 aromatic rings.